The van der Waals surface area contributed by atoms with Crippen molar-refractivity contribution in [3.05, 3.63) is 11.6 Å². The van der Waals surface area contributed by atoms with Crippen molar-refractivity contribution in [2.75, 3.05) is 6.16 Å². The van der Waals surface area contributed by atoms with E-state index < -0.39 is 13.8 Å². The lowest BCUT2D eigenvalue weighted by molar-refractivity contribution is 0.376. The van der Waals surface area contributed by atoms with Gasteiger partial charge >= 0.3 is 7.60 Å². The Balaban J connectivity index is 3.74. The van der Waals surface area contributed by atoms with E-state index in [-0.39, 0.29) is 5.03 Å². The molecule has 0 rings (SSSR count). The van der Waals surface area contributed by atoms with Crippen molar-refractivity contribution in [2.45, 2.75) is 0 Å². The Morgan fingerprint density at radius 3 is 2.12 bits per heavy atom. The maximum atomic E-state index is 9.99. The summed E-state index contributed by atoms with van der Waals surface area (Å²) >= 11 is 5.08. The molecule has 0 aliphatic heterocycles. The van der Waals surface area contributed by atoms with Gasteiger partial charge in [0.2, 0.25) is 0 Å². The molecule has 0 saturated carbocycles. The summed E-state index contributed by atoms with van der Waals surface area (Å²) in [4.78, 5) is 16.3. The fraction of sp³-hybridized carbons (Fsp3) is 0.333. The van der Waals surface area contributed by atoms with Gasteiger partial charge in [0.1, 0.15) is 0 Å². The van der Waals surface area contributed by atoms with Crippen LogP contribution in [-0.4, -0.2) is 15.9 Å². The second-order valence-electron chi connectivity index (χ2n) is 1.34. The third-order valence-electron chi connectivity index (χ3n) is 0.378. The predicted octanol–water partition coefficient (Wildman–Crippen LogP) is 0.917. The minimum atomic E-state index is -3.95. The van der Waals surface area contributed by atoms with Crippen molar-refractivity contribution < 1.29 is 14.4 Å². The van der Waals surface area contributed by atoms with E-state index in [9.17, 15) is 4.57 Å². The molecule has 0 bridgehead atoms. The molecule has 0 atom stereocenters. The van der Waals surface area contributed by atoms with Gasteiger partial charge in [-0.3, -0.25) is 4.57 Å². The summed E-state index contributed by atoms with van der Waals surface area (Å²) in [5, 5.41) is -0.0154. The summed E-state index contributed by atoms with van der Waals surface area (Å²) in [6.45, 7) is 3.11. The highest BCUT2D eigenvalue weighted by Gasteiger charge is 2.12. The molecule has 0 amide bonds. The molecule has 0 unspecified atom stereocenters. The van der Waals surface area contributed by atoms with Crippen molar-refractivity contribution in [1.29, 1.82) is 0 Å². The molecule has 0 aliphatic carbocycles. The predicted molar refractivity (Wildman–Crippen MR) is 31.9 cm³/mol. The Morgan fingerprint density at radius 1 is 1.75 bits per heavy atom. The van der Waals surface area contributed by atoms with Crippen LogP contribution in [0.3, 0.4) is 0 Å². The van der Waals surface area contributed by atoms with E-state index in [1.54, 1.807) is 0 Å². The highest BCUT2D eigenvalue weighted by Crippen LogP contribution is 2.36. The first-order chi connectivity index (χ1) is 3.42. The maximum absolute atomic E-state index is 9.99. The topological polar surface area (TPSA) is 57.5 Å². The van der Waals surface area contributed by atoms with Crippen LogP contribution < -0.4 is 0 Å². The van der Waals surface area contributed by atoms with Gasteiger partial charge in [-0.1, -0.05) is 18.2 Å². The normalized spacial score (nSPS) is 11.4. The van der Waals surface area contributed by atoms with Crippen molar-refractivity contribution in [1.82, 2.24) is 0 Å². The second kappa shape index (κ2) is 2.65. The Hall–Kier alpha value is 0.180. The molecule has 0 aliphatic rings. The second-order valence-corrected chi connectivity index (χ2v) is 3.52. The quantitative estimate of drug-likeness (QED) is 0.585. The lowest BCUT2D eigenvalue weighted by Crippen LogP contribution is -1.84. The smallest absolute Gasteiger partial charge is 0.324 e. The highest BCUT2D eigenvalue weighted by atomic mass is 35.5. The molecule has 0 radical (unpaired) electrons. The third kappa shape index (κ3) is 6.18. The lowest BCUT2D eigenvalue weighted by atomic mass is 10.7. The molecule has 0 saturated heterocycles. The molecular formula is C3H6ClO3P. The van der Waals surface area contributed by atoms with E-state index in [4.69, 9.17) is 21.4 Å². The molecule has 8 heavy (non-hydrogen) atoms. The summed E-state index contributed by atoms with van der Waals surface area (Å²) in [5.74, 6) is 0. The van der Waals surface area contributed by atoms with Crippen LogP contribution in [0.25, 0.3) is 0 Å². The van der Waals surface area contributed by atoms with Crippen molar-refractivity contribution in [3.63, 3.8) is 0 Å². The van der Waals surface area contributed by atoms with Gasteiger partial charge < -0.3 is 9.79 Å². The molecule has 0 fully saturated rings. The molecule has 5 heteroatoms. The molecule has 2 N–H and O–H groups in total. The minimum absolute atomic E-state index is 0.0154. The van der Waals surface area contributed by atoms with Crippen LogP contribution in [-0.2, 0) is 4.57 Å². The maximum Gasteiger partial charge on any atom is 0.330 e. The van der Waals surface area contributed by atoms with Gasteiger partial charge in [-0.05, 0) is 0 Å². The van der Waals surface area contributed by atoms with Crippen LogP contribution in [0.2, 0.25) is 0 Å². The number of hydrogen-bond acceptors (Lipinski definition) is 1. The fourth-order valence-electron chi connectivity index (χ4n) is 0.223. The number of rotatable bonds is 2. The molecule has 48 valence electrons. The van der Waals surface area contributed by atoms with Gasteiger partial charge in [0, 0.05) is 5.03 Å². The van der Waals surface area contributed by atoms with Crippen LogP contribution in [0.15, 0.2) is 11.6 Å². The molecule has 3 nitrogen and oxygen atoms in total. The summed E-state index contributed by atoms with van der Waals surface area (Å²) in [6, 6.07) is 0. The first-order valence-electron chi connectivity index (χ1n) is 1.79. The number of allylic oxidation sites excluding steroid dienone is 1. The largest absolute Gasteiger partial charge is 0.330 e. The van der Waals surface area contributed by atoms with Crippen LogP contribution >= 0.6 is 19.2 Å². The molecule has 0 aromatic heterocycles. The van der Waals surface area contributed by atoms with Gasteiger partial charge in [0.15, 0.2) is 0 Å². The third-order valence-corrected chi connectivity index (χ3v) is 1.49. The van der Waals surface area contributed by atoms with Crippen LogP contribution in [0.4, 0.5) is 0 Å². The van der Waals surface area contributed by atoms with E-state index >= 15 is 0 Å². The first kappa shape index (κ1) is 8.18. The van der Waals surface area contributed by atoms with E-state index in [2.05, 4.69) is 6.58 Å². The zero-order valence-electron chi connectivity index (χ0n) is 4.04. The van der Waals surface area contributed by atoms with Crippen molar-refractivity contribution >= 4 is 19.2 Å². The van der Waals surface area contributed by atoms with Gasteiger partial charge in [-0.15, -0.1) is 0 Å². The highest BCUT2D eigenvalue weighted by molar-refractivity contribution is 7.52. The lowest BCUT2D eigenvalue weighted by Gasteiger charge is -1.98. The number of hydrogen-bond donors (Lipinski definition) is 2. The summed E-state index contributed by atoms with van der Waals surface area (Å²) in [5.41, 5.74) is 0. The molecule has 0 aromatic rings. The average molecular weight is 157 g/mol. The molecule has 0 heterocycles. The summed E-state index contributed by atoms with van der Waals surface area (Å²) in [6.07, 6.45) is -0.436. The Labute approximate surface area is 52.1 Å². The Kier molecular flexibility index (Phi) is 2.71. The Morgan fingerprint density at radius 2 is 2.12 bits per heavy atom. The first-order valence-corrected chi connectivity index (χ1v) is 3.97. The SMILES string of the molecule is C=C(Cl)CP(=O)(O)O. The van der Waals surface area contributed by atoms with E-state index in [1.807, 2.05) is 0 Å². The Bertz CT molecular complexity index is 137. The van der Waals surface area contributed by atoms with E-state index in [1.165, 1.54) is 0 Å². The molecule has 0 spiro atoms. The van der Waals surface area contributed by atoms with E-state index in [0.29, 0.717) is 0 Å². The molecule has 0 aromatic carbocycles. The molecular weight excluding hydrogens is 150 g/mol. The minimum Gasteiger partial charge on any atom is -0.324 e. The van der Waals surface area contributed by atoms with Gasteiger partial charge in [0.25, 0.3) is 0 Å². The standard InChI is InChI=1S/C3H6ClO3P/c1-3(4)2-8(5,6)7/h1-2H2,(H2,5,6,7). The van der Waals surface area contributed by atoms with E-state index in [0.717, 1.165) is 0 Å². The average Bonchev–Trinajstić information content (AvgIpc) is 1.21. The zero-order chi connectivity index (χ0) is 6.78. The summed E-state index contributed by atoms with van der Waals surface area (Å²) in [7, 11) is -3.95. The van der Waals surface area contributed by atoms with Crippen molar-refractivity contribution in [2.24, 2.45) is 0 Å². The fourth-order valence-corrected chi connectivity index (χ4v) is 1.14. The zero-order valence-corrected chi connectivity index (χ0v) is 5.69. The van der Waals surface area contributed by atoms with Crippen molar-refractivity contribution in [3.8, 4) is 0 Å². The number of halogens is 1. The monoisotopic (exact) mass is 156 g/mol. The van der Waals surface area contributed by atoms with Crippen LogP contribution in [0.5, 0.6) is 0 Å². The summed E-state index contributed by atoms with van der Waals surface area (Å²) < 4.78 is 9.99. The van der Waals surface area contributed by atoms with Gasteiger partial charge in [0.05, 0.1) is 6.16 Å². The van der Waals surface area contributed by atoms with Gasteiger partial charge in [-0.25, -0.2) is 0 Å². The van der Waals surface area contributed by atoms with Crippen LogP contribution in [0.1, 0.15) is 0 Å². The van der Waals surface area contributed by atoms with Crippen LogP contribution in [0, 0.1) is 0 Å². The van der Waals surface area contributed by atoms with Gasteiger partial charge in [-0.2, -0.15) is 0 Å².